The lowest BCUT2D eigenvalue weighted by molar-refractivity contribution is 0.300. The number of nitrogens with one attached hydrogen (secondary N) is 1. The lowest BCUT2D eigenvalue weighted by atomic mass is 10.1. The lowest BCUT2D eigenvalue weighted by Gasteiger charge is -2.09. The molecule has 1 aliphatic carbocycles. The summed E-state index contributed by atoms with van der Waals surface area (Å²) in [6.07, 6.45) is 2.60. The van der Waals surface area contributed by atoms with Crippen molar-refractivity contribution >= 4 is 0 Å². The minimum atomic E-state index is 0.514. The molecule has 3 nitrogen and oxygen atoms in total. The van der Waals surface area contributed by atoms with E-state index < -0.39 is 0 Å². The van der Waals surface area contributed by atoms with Gasteiger partial charge in [-0.15, -0.1) is 0 Å². The SMILES string of the molecule is Cc1ccc(OCc2cccc(CNC3CC3)n2)cc1C. The van der Waals surface area contributed by atoms with E-state index in [1.165, 1.54) is 24.0 Å². The first kappa shape index (κ1) is 14.1. The molecule has 1 aromatic carbocycles. The van der Waals surface area contributed by atoms with Gasteiger partial charge in [0, 0.05) is 12.6 Å². The molecule has 0 aliphatic heterocycles. The Morgan fingerprint density at radius 3 is 2.67 bits per heavy atom. The lowest BCUT2D eigenvalue weighted by Crippen LogP contribution is -2.16. The minimum absolute atomic E-state index is 0.514. The van der Waals surface area contributed by atoms with Crippen LogP contribution in [0.25, 0.3) is 0 Å². The minimum Gasteiger partial charge on any atom is -0.487 e. The van der Waals surface area contributed by atoms with E-state index >= 15 is 0 Å². The normalized spacial score (nSPS) is 14.2. The topological polar surface area (TPSA) is 34.1 Å². The van der Waals surface area contributed by atoms with Crippen LogP contribution in [0.5, 0.6) is 5.75 Å². The summed E-state index contributed by atoms with van der Waals surface area (Å²) in [4.78, 5) is 4.64. The van der Waals surface area contributed by atoms with Crippen LogP contribution >= 0.6 is 0 Å². The Kier molecular flexibility index (Phi) is 4.20. The van der Waals surface area contributed by atoms with E-state index in [0.717, 1.165) is 23.7 Å². The molecule has 0 amide bonds. The summed E-state index contributed by atoms with van der Waals surface area (Å²) in [7, 11) is 0. The largest absolute Gasteiger partial charge is 0.487 e. The average Bonchev–Trinajstić information content (AvgIpc) is 3.31. The second-order valence-electron chi connectivity index (χ2n) is 5.81. The van der Waals surface area contributed by atoms with Gasteiger partial charge in [0.25, 0.3) is 0 Å². The molecule has 0 atom stereocenters. The van der Waals surface area contributed by atoms with Crippen LogP contribution in [0, 0.1) is 13.8 Å². The van der Waals surface area contributed by atoms with Crippen LogP contribution in [0.3, 0.4) is 0 Å². The van der Waals surface area contributed by atoms with Crippen LogP contribution < -0.4 is 10.1 Å². The Morgan fingerprint density at radius 1 is 1.10 bits per heavy atom. The van der Waals surface area contributed by atoms with Crippen molar-refractivity contribution < 1.29 is 4.74 Å². The standard InChI is InChI=1S/C18H22N2O/c1-13-6-9-18(10-14(13)2)21-12-17-5-3-4-16(20-17)11-19-15-7-8-15/h3-6,9-10,15,19H,7-8,11-12H2,1-2H3. The van der Waals surface area contributed by atoms with Gasteiger partial charge in [0.2, 0.25) is 0 Å². The van der Waals surface area contributed by atoms with Gasteiger partial charge < -0.3 is 10.1 Å². The van der Waals surface area contributed by atoms with Crippen molar-refractivity contribution in [1.82, 2.24) is 10.3 Å². The summed E-state index contributed by atoms with van der Waals surface area (Å²) >= 11 is 0. The third-order valence-electron chi connectivity index (χ3n) is 3.88. The molecule has 3 rings (SSSR count). The van der Waals surface area contributed by atoms with Gasteiger partial charge in [-0.2, -0.15) is 0 Å². The summed E-state index contributed by atoms with van der Waals surface area (Å²) in [6.45, 7) is 5.57. The summed E-state index contributed by atoms with van der Waals surface area (Å²) in [5.74, 6) is 0.904. The number of ether oxygens (including phenoxy) is 1. The molecule has 1 saturated carbocycles. The number of pyridine rings is 1. The zero-order chi connectivity index (χ0) is 14.7. The maximum atomic E-state index is 5.84. The highest BCUT2D eigenvalue weighted by Crippen LogP contribution is 2.19. The van der Waals surface area contributed by atoms with Crippen LogP contribution in [0.1, 0.15) is 35.4 Å². The fourth-order valence-electron chi connectivity index (χ4n) is 2.21. The Balaban J connectivity index is 1.58. The van der Waals surface area contributed by atoms with Gasteiger partial charge in [-0.1, -0.05) is 12.1 Å². The van der Waals surface area contributed by atoms with Crippen molar-refractivity contribution in [2.45, 2.75) is 45.9 Å². The third kappa shape index (κ3) is 4.05. The highest BCUT2D eigenvalue weighted by Gasteiger charge is 2.20. The van der Waals surface area contributed by atoms with Gasteiger partial charge in [-0.05, 0) is 62.1 Å². The van der Waals surface area contributed by atoms with E-state index in [4.69, 9.17) is 4.74 Å². The highest BCUT2D eigenvalue weighted by atomic mass is 16.5. The number of benzene rings is 1. The van der Waals surface area contributed by atoms with Crippen molar-refractivity contribution in [1.29, 1.82) is 0 Å². The number of rotatable bonds is 6. The molecule has 0 bridgehead atoms. The zero-order valence-electron chi connectivity index (χ0n) is 12.7. The molecule has 0 saturated heterocycles. The van der Waals surface area contributed by atoms with E-state index in [9.17, 15) is 0 Å². The first-order valence-electron chi connectivity index (χ1n) is 7.59. The van der Waals surface area contributed by atoms with Crippen LogP contribution in [-0.2, 0) is 13.2 Å². The fraction of sp³-hybridized carbons (Fsp3) is 0.389. The second kappa shape index (κ2) is 6.27. The average molecular weight is 282 g/mol. The van der Waals surface area contributed by atoms with Crippen LogP contribution in [0.2, 0.25) is 0 Å². The van der Waals surface area contributed by atoms with E-state index in [2.05, 4.69) is 48.4 Å². The molecular formula is C18H22N2O. The number of aromatic nitrogens is 1. The summed E-state index contributed by atoms with van der Waals surface area (Å²) in [6, 6.07) is 13.0. The van der Waals surface area contributed by atoms with Crippen LogP contribution in [0.4, 0.5) is 0 Å². The number of hydrogen-bond acceptors (Lipinski definition) is 3. The van der Waals surface area contributed by atoms with E-state index in [1.807, 2.05) is 12.1 Å². The molecule has 1 fully saturated rings. The molecule has 2 aromatic rings. The number of nitrogens with zero attached hydrogens (tertiary/aromatic N) is 1. The smallest absolute Gasteiger partial charge is 0.130 e. The Bertz CT molecular complexity index is 620. The summed E-state index contributed by atoms with van der Waals surface area (Å²) < 4.78 is 5.84. The van der Waals surface area contributed by atoms with Crippen molar-refractivity contribution in [2.75, 3.05) is 0 Å². The monoisotopic (exact) mass is 282 g/mol. The first-order chi connectivity index (χ1) is 10.2. The number of aryl methyl sites for hydroxylation is 2. The predicted octanol–water partition coefficient (Wildman–Crippen LogP) is 3.53. The number of hydrogen-bond donors (Lipinski definition) is 1. The molecule has 0 spiro atoms. The van der Waals surface area contributed by atoms with E-state index in [1.54, 1.807) is 0 Å². The maximum absolute atomic E-state index is 5.84. The quantitative estimate of drug-likeness (QED) is 0.880. The van der Waals surface area contributed by atoms with Crippen molar-refractivity contribution in [3.8, 4) is 5.75 Å². The zero-order valence-corrected chi connectivity index (χ0v) is 12.7. The van der Waals surface area contributed by atoms with Crippen LogP contribution in [-0.4, -0.2) is 11.0 Å². The molecular weight excluding hydrogens is 260 g/mol. The molecule has 1 aromatic heterocycles. The van der Waals surface area contributed by atoms with Crippen molar-refractivity contribution in [2.24, 2.45) is 0 Å². The summed E-state index contributed by atoms with van der Waals surface area (Å²) in [5, 5.41) is 3.48. The van der Waals surface area contributed by atoms with E-state index in [-0.39, 0.29) is 0 Å². The first-order valence-corrected chi connectivity index (χ1v) is 7.59. The second-order valence-corrected chi connectivity index (χ2v) is 5.81. The summed E-state index contributed by atoms with van der Waals surface area (Å²) in [5.41, 5.74) is 4.60. The van der Waals surface area contributed by atoms with Gasteiger partial charge in [-0.25, -0.2) is 0 Å². The third-order valence-corrected chi connectivity index (χ3v) is 3.88. The van der Waals surface area contributed by atoms with Gasteiger partial charge in [0.05, 0.1) is 11.4 Å². The molecule has 0 radical (unpaired) electrons. The molecule has 1 heterocycles. The van der Waals surface area contributed by atoms with Gasteiger partial charge in [0.1, 0.15) is 12.4 Å². The van der Waals surface area contributed by atoms with Gasteiger partial charge >= 0.3 is 0 Å². The molecule has 110 valence electrons. The van der Waals surface area contributed by atoms with E-state index in [0.29, 0.717) is 12.6 Å². The maximum Gasteiger partial charge on any atom is 0.130 e. The fourth-order valence-corrected chi connectivity index (χ4v) is 2.21. The molecule has 0 unspecified atom stereocenters. The van der Waals surface area contributed by atoms with Crippen molar-refractivity contribution in [3.05, 3.63) is 58.9 Å². The highest BCUT2D eigenvalue weighted by molar-refractivity contribution is 5.33. The Hall–Kier alpha value is -1.87. The van der Waals surface area contributed by atoms with Gasteiger partial charge in [0.15, 0.2) is 0 Å². The molecule has 1 aliphatic rings. The Labute approximate surface area is 126 Å². The Morgan fingerprint density at radius 2 is 1.90 bits per heavy atom. The van der Waals surface area contributed by atoms with Gasteiger partial charge in [-0.3, -0.25) is 4.98 Å². The molecule has 21 heavy (non-hydrogen) atoms. The molecule has 3 heteroatoms. The van der Waals surface area contributed by atoms with Crippen LogP contribution in [0.15, 0.2) is 36.4 Å². The van der Waals surface area contributed by atoms with Crippen molar-refractivity contribution in [3.63, 3.8) is 0 Å². The molecule has 1 N–H and O–H groups in total. The predicted molar refractivity (Wildman–Crippen MR) is 84.3 cm³/mol.